The molecule has 82 valence electrons. The summed E-state index contributed by atoms with van der Waals surface area (Å²) in [6.45, 7) is 0.684. The van der Waals surface area contributed by atoms with Gasteiger partial charge in [0, 0.05) is 12.6 Å². The maximum Gasteiger partial charge on any atom is 0.270 e. The van der Waals surface area contributed by atoms with Crippen molar-refractivity contribution in [2.45, 2.75) is 19.3 Å². The summed E-state index contributed by atoms with van der Waals surface area (Å²) in [7, 11) is 0. The second-order valence-electron chi connectivity index (χ2n) is 2.99. The van der Waals surface area contributed by atoms with E-state index in [1.807, 2.05) is 0 Å². The SMILES string of the molecule is CCC(F)(F)CNC(=O)c1ccncn1. The first-order valence-corrected chi connectivity index (χ1v) is 4.47. The molecule has 6 heteroatoms. The summed E-state index contributed by atoms with van der Waals surface area (Å²) in [5.41, 5.74) is 0.0805. The summed E-state index contributed by atoms with van der Waals surface area (Å²) in [6.07, 6.45) is 2.25. The van der Waals surface area contributed by atoms with Crippen molar-refractivity contribution in [1.82, 2.24) is 15.3 Å². The number of amides is 1. The van der Waals surface area contributed by atoms with Crippen LogP contribution in [0.15, 0.2) is 18.6 Å². The predicted octanol–water partition coefficient (Wildman–Crippen LogP) is 1.25. The number of hydrogen-bond acceptors (Lipinski definition) is 3. The van der Waals surface area contributed by atoms with Crippen LogP contribution in [0.3, 0.4) is 0 Å². The van der Waals surface area contributed by atoms with Crippen LogP contribution in [0.5, 0.6) is 0 Å². The molecule has 0 unspecified atom stereocenters. The highest BCUT2D eigenvalue weighted by molar-refractivity contribution is 5.92. The average molecular weight is 215 g/mol. The van der Waals surface area contributed by atoms with Gasteiger partial charge in [-0.1, -0.05) is 6.92 Å². The zero-order valence-corrected chi connectivity index (χ0v) is 8.20. The van der Waals surface area contributed by atoms with Crippen molar-refractivity contribution in [3.05, 3.63) is 24.3 Å². The first-order valence-electron chi connectivity index (χ1n) is 4.47. The van der Waals surface area contributed by atoms with E-state index in [1.165, 1.54) is 25.5 Å². The largest absolute Gasteiger partial charge is 0.345 e. The summed E-state index contributed by atoms with van der Waals surface area (Å²) >= 11 is 0. The number of rotatable bonds is 4. The van der Waals surface area contributed by atoms with Gasteiger partial charge in [-0.2, -0.15) is 0 Å². The molecule has 15 heavy (non-hydrogen) atoms. The molecule has 0 atom stereocenters. The Labute approximate surface area is 85.7 Å². The van der Waals surface area contributed by atoms with Crippen LogP contribution in [0.25, 0.3) is 0 Å². The fourth-order valence-corrected chi connectivity index (χ4v) is 0.850. The minimum atomic E-state index is -2.87. The first-order chi connectivity index (χ1) is 7.05. The Balaban J connectivity index is 2.51. The van der Waals surface area contributed by atoms with Crippen molar-refractivity contribution >= 4 is 5.91 Å². The van der Waals surface area contributed by atoms with Crippen LogP contribution in [0.4, 0.5) is 8.78 Å². The van der Waals surface area contributed by atoms with Crippen molar-refractivity contribution < 1.29 is 13.6 Å². The van der Waals surface area contributed by atoms with E-state index in [2.05, 4.69) is 15.3 Å². The molecule has 1 heterocycles. The van der Waals surface area contributed by atoms with E-state index in [0.29, 0.717) is 0 Å². The molecule has 0 radical (unpaired) electrons. The van der Waals surface area contributed by atoms with Gasteiger partial charge in [0.1, 0.15) is 12.0 Å². The molecule has 0 fully saturated rings. The Kier molecular flexibility index (Phi) is 3.65. The number of alkyl halides is 2. The molecule has 0 aromatic carbocycles. The van der Waals surface area contributed by atoms with E-state index >= 15 is 0 Å². The second kappa shape index (κ2) is 4.77. The first kappa shape index (κ1) is 11.5. The van der Waals surface area contributed by atoms with E-state index < -0.39 is 18.4 Å². The van der Waals surface area contributed by atoms with Gasteiger partial charge in [0.25, 0.3) is 11.8 Å². The molecule has 4 nitrogen and oxygen atoms in total. The lowest BCUT2D eigenvalue weighted by molar-refractivity contribution is -0.00106. The number of nitrogens with zero attached hydrogens (tertiary/aromatic N) is 2. The van der Waals surface area contributed by atoms with Crippen molar-refractivity contribution in [2.75, 3.05) is 6.54 Å². The molecular weight excluding hydrogens is 204 g/mol. The van der Waals surface area contributed by atoms with Crippen molar-refractivity contribution in [3.8, 4) is 0 Å². The topological polar surface area (TPSA) is 54.9 Å². The summed E-state index contributed by atoms with van der Waals surface area (Å²) in [5.74, 6) is -3.49. The van der Waals surface area contributed by atoms with Gasteiger partial charge < -0.3 is 5.32 Å². The highest BCUT2D eigenvalue weighted by atomic mass is 19.3. The van der Waals surface area contributed by atoms with Crippen LogP contribution in [0, 0.1) is 0 Å². The third kappa shape index (κ3) is 3.57. The maximum absolute atomic E-state index is 12.8. The van der Waals surface area contributed by atoms with Crippen LogP contribution in [-0.4, -0.2) is 28.3 Å². The van der Waals surface area contributed by atoms with E-state index in [4.69, 9.17) is 0 Å². The molecule has 0 saturated carbocycles. The lowest BCUT2D eigenvalue weighted by atomic mass is 10.2. The Morgan fingerprint density at radius 3 is 2.87 bits per heavy atom. The molecule has 0 spiro atoms. The second-order valence-corrected chi connectivity index (χ2v) is 2.99. The molecule has 0 saturated heterocycles. The molecule has 0 aliphatic carbocycles. The summed E-state index contributed by atoms with van der Waals surface area (Å²) in [6, 6.07) is 1.36. The van der Waals surface area contributed by atoms with Crippen molar-refractivity contribution in [1.29, 1.82) is 0 Å². The lowest BCUT2D eigenvalue weighted by Gasteiger charge is -2.14. The van der Waals surface area contributed by atoms with Crippen LogP contribution in [-0.2, 0) is 0 Å². The Morgan fingerprint density at radius 2 is 2.33 bits per heavy atom. The van der Waals surface area contributed by atoms with Crippen LogP contribution >= 0.6 is 0 Å². The van der Waals surface area contributed by atoms with Gasteiger partial charge in [0.15, 0.2) is 0 Å². The zero-order valence-electron chi connectivity index (χ0n) is 8.20. The van der Waals surface area contributed by atoms with Gasteiger partial charge in [-0.3, -0.25) is 4.79 Å². The Morgan fingerprint density at radius 1 is 1.60 bits per heavy atom. The van der Waals surface area contributed by atoms with Gasteiger partial charge in [-0.15, -0.1) is 0 Å². The summed E-state index contributed by atoms with van der Waals surface area (Å²) in [5, 5.41) is 2.11. The van der Waals surface area contributed by atoms with E-state index in [0.717, 1.165) is 0 Å². The van der Waals surface area contributed by atoms with E-state index in [-0.39, 0.29) is 12.1 Å². The molecule has 1 rings (SSSR count). The number of carbonyl (C=O) groups excluding carboxylic acids is 1. The van der Waals surface area contributed by atoms with Gasteiger partial charge in [0.05, 0.1) is 6.54 Å². The molecule has 1 N–H and O–H groups in total. The van der Waals surface area contributed by atoms with E-state index in [1.54, 1.807) is 0 Å². The third-order valence-electron chi connectivity index (χ3n) is 1.84. The van der Waals surface area contributed by atoms with Gasteiger partial charge >= 0.3 is 0 Å². The number of aromatic nitrogens is 2. The fraction of sp³-hybridized carbons (Fsp3) is 0.444. The number of halogens is 2. The quantitative estimate of drug-likeness (QED) is 0.822. The predicted molar refractivity (Wildman–Crippen MR) is 49.6 cm³/mol. The zero-order chi connectivity index (χ0) is 11.3. The minimum Gasteiger partial charge on any atom is -0.345 e. The summed E-state index contributed by atoms with van der Waals surface area (Å²) in [4.78, 5) is 18.5. The van der Waals surface area contributed by atoms with Gasteiger partial charge in [-0.05, 0) is 6.07 Å². The summed E-state index contributed by atoms with van der Waals surface area (Å²) < 4.78 is 25.6. The number of nitrogens with one attached hydrogen (secondary N) is 1. The standard InChI is InChI=1S/C9H11F2N3O/c1-2-9(10,11)5-13-8(15)7-3-4-12-6-14-7/h3-4,6H,2,5H2,1H3,(H,13,15). The van der Waals surface area contributed by atoms with Crippen LogP contribution in [0.1, 0.15) is 23.8 Å². The molecular formula is C9H11F2N3O. The molecule has 0 aliphatic heterocycles. The molecule has 1 aromatic rings. The minimum absolute atomic E-state index is 0.0805. The average Bonchev–Trinajstić information content (AvgIpc) is 2.27. The van der Waals surface area contributed by atoms with E-state index in [9.17, 15) is 13.6 Å². The molecule has 0 aliphatic rings. The van der Waals surface area contributed by atoms with Crippen LogP contribution < -0.4 is 5.32 Å². The molecule has 0 bridgehead atoms. The van der Waals surface area contributed by atoms with Gasteiger partial charge in [-0.25, -0.2) is 18.7 Å². The normalized spacial score (nSPS) is 11.1. The van der Waals surface area contributed by atoms with Crippen molar-refractivity contribution in [3.63, 3.8) is 0 Å². The smallest absolute Gasteiger partial charge is 0.270 e. The van der Waals surface area contributed by atoms with Crippen LogP contribution in [0.2, 0.25) is 0 Å². The number of hydrogen-bond donors (Lipinski definition) is 1. The lowest BCUT2D eigenvalue weighted by Crippen LogP contribution is -2.36. The Hall–Kier alpha value is -1.59. The fourth-order valence-electron chi connectivity index (χ4n) is 0.850. The highest BCUT2D eigenvalue weighted by Crippen LogP contribution is 2.15. The highest BCUT2D eigenvalue weighted by Gasteiger charge is 2.26. The van der Waals surface area contributed by atoms with Gasteiger partial charge in [0.2, 0.25) is 0 Å². The third-order valence-corrected chi connectivity index (χ3v) is 1.84. The molecule has 1 amide bonds. The van der Waals surface area contributed by atoms with Crippen molar-refractivity contribution in [2.24, 2.45) is 0 Å². The maximum atomic E-state index is 12.8. The monoisotopic (exact) mass is 215 g/mol. The number of carbonyl (C=O) groups is 1. The molecule has 1 aromatic heterocycles. The Bertz CT molecular complexity index is 329.